The van der Waals surface area contributed by atoms with Crippen LogP contribution >= 0.6 is 0 Å². The summed E-state index contributed by atoms with van der Waals surface area (Å²) in [6.45, 7) is 6.40. The molecule has 15 heavy (non-hydrogen) atoms. The van der Waals surface area contributed by atoms with E-state index < -0.39 is 11.5 Å². The fraction of sp³-hybridized carbons (Fsp3) is 0.636. The van der Waals surface area contributed by atoms with Gasteiger partial charge in [-0.15, -0.1) is 0 Å². The summed E-state index contributed by atoms with van der Waals surface area (Å²) in [6, 6.07) is 2.18. The van der Waals surface area contributed by atoms with Gasteiger partial charge < -0.3 is 9.67 Å². The Bertz CT molecular complexity index is 366. The predicted octanol–water partition coefficient (Wildman–Crippen LogP) is 1.88. The van der Waals surface area contributed by atoms with Gasteiger partial charge in [0.1, 0.15) is 6.10 Å². The number of imidazole rings is 1. The summed E-state index contributed by atoms with van der Waals surface area (Å²) in [4.78, 5) is 3.99. The third-order valence-electron chi connectivity index (χ3n) is 2.96. The highest BCUT2D eigenvalue weighted by Gasteiger charge is 2.34. The molecule has 0 aliphatic heterocycles. The van der Waals surface area contributed by atoms with Crippen LogP contribution in [-0.2, 0) is 6.54 Å². The summed E-state index contributed by atoms with van der Waals surface area (Å²) in [6.07, 6.45) is 3.13. The van der Waals surface area contributed by atoms with E-state index in [1.807, 2.05) is 18.4 Å². The first-order chi connectivity index (χ1) is 7.09. The van der Waals surface area contributed by atoms with E-state index in [1.54, 1.807) is 19.4 Å². The second-order valence-electron chi connectivity index (χ2n) is 3.89. The van der Waals surface area contributed by atoms with Crippen molar-refractivity contribution in [2.45, 2.75) is 39.8 Å². The van der Waals surface area contributed by atoms with Crippen LogP contribution in [0.15, 0.2) is 12.5 Å². The van der Waals surface area contributed by atoms with Crippen LogP contribution in [0.4, 0.5) is 0 Å². The number of nitrogens with zero attached hydrogens (tertiary/aromatic N) is 3. The highest BCUT2D eigenvalue weighted by Crippen LogP contribution is 2.35. The second-order valence-corrected chi connectivity index (χ2v) is 3.89. The van der Waals surface area contributed by atoms with Gasteiger partial charge in [-0.25, -0.2) is 4.98 Å². The highest BCUT2D eigenvalue weighted by molar-refractivity contribution is 5.13. The molecule has 0 aromatic carbocycles. The number of nitriles is 1. The lowest BCUT2D eigenvalue weighted by Crippen LogP contribution is -2.25. The molecule has 2 unspecified atom stereocenters. The predicted molar refractivity (Wildman–Crippen MR) is 56.9 cm³/mol. The molecule has 0 aliphatic rings. The fourth-order valence-corrected chi connectivity index (χ4v) is 1.48. The zero-order valence-electron chi connectivity index (χ0n) is 9.44. The Morgan fingerprint density at radius 1 is 1.67 bits per heavy atom. The summed E-state index contributed by atoms with van der Waals surface area (Å²) in [5.41, 5.74) is -0.0316. The van der Waals surface area contributed by atoms with Crippen LogP contribution in [0.1, 0.15) is 39.0 Å². The molecular weight excluding hydrogens is 190 g/mol. The molecular formula is C11H17N3O. The van der Waals surface area contributed by atoms with Crippen molar-refractivity contribution in [2.75, 3.05) is 0 Å². The number of aliphatic hydroxyl groups is 1. The van der Waals surface area contributed by atoms with Gasteiger partial charge in [-0.05, 0) is 20.3 Å². The smallest absolute Gasteiger partial charge is 0.114 e. The molecule has 0 aliphatic carbocycles. The van der Waals surface area contributed by atoms with Gasteiger partial charge in [-0.1, -0.05) is 6.92 Å². The van der Waals surface area contributed by atoms with Crippen LogP contribution in [0.5, 0.6) is 0 Å². The Balaban J connectivity index is 3.04. The highest BCUT2D eigenvalue weighted by atomic mass is 16.3. The quantitative estimate of drug-likeness (QED) is 0.819. The maximum absolute atomic E-state index is 10.2. The molecule has 1 heterocycles. The number of aliphatic hydroxyl groups excluding tert-OH is 1. The van der Waals surface area contributed by atoms with Gasteiger partial charge in [0.25, 0.3) is 0 Å². The van der Waals surface area contributed by atoms with Crippen molar-refractivity contribution in [3.8, 4) is 6.07 Å². The first-order valence-corrected chi connectivity index (χ1v) is 5.18. The molecule has 4 nitrogen and oxygen atoms in total. The van der Waals surface area contributed by atoms with Gasteiger partial charge in [-0.2, -0.15) is 5.26 Å². The number of aryl methyl sites for hydroxylation is 1. The van der Waals surface area contributed by atoms with Crippen LogP contribution in [-0.4, -0.2) is 14.7 Å². The summed E-state index contributed by atoms with van der Waals surface area (Å²) < 4.78 is 1.86. The standard InChI is InChI=1S/C11H17N3O/c1-4-11(3,7-12)10(15)9-6-13-8-14(9)5-2/h6,8,10,15H,4-5H2,1-3H3. The van der Waals surface area contributed by atoms with Crippen LogP contribution in [0.3, 0.4) is 0 Å². The van der Waals surface area contributed by atoms with E-state index in [9.17, 15) is 5.11 Å². The summed E-state index contributed by atoms with van der Waals surface area (Å²) in [7, 11) is 0. The first kappa shape index (κ1) is 11.7. The van der Waals surface area contributed by atoms with Gasteiger partial charge in [0.2, 0.25) is 0 Å². The van der Waals surface area contributed by atoms with Gasteiger partial charge in [-0.3, -0.25) is 0 Å². The largest absolute Gasteiger partial charge is 0.385 e. The zero-order valence-corrected chi connectivity index (χ0v) is 9.44. The van der Waals surface area contributed by atoms with Crippen LogP contribution < -0.4 is 0 Å². The molecule has 1 aromatic heterocycles. The van der Waals surface area contributed by atoms with E-state index >= 15 is 0 Å². The molecule has 0 fully saturated rings. The van der Waals surface area contributed by atoms with Gasteiger partial charge >= 0.3 is 0 Å². The van der Waals surface area contributed by atoms with Crippen molar-refractivity contribution in [3.63, 3.8) is 0 Å². The molecule has 1 aromatic rings. The minimum atomic E-state index is -0.782. The summed E-state index contributed by atoms with van der Waals surface area (Å²) in [5.74, 6) is 0. The third kappa shape index (κ3) is 2.02. The Hall–Kier alpha value is -1.34. The Morgan fingerprint density at radius 2 is 2.33 bits per heavy atom. The zero-order chi connectivity index (χ0) is 11.5. The Morgan fingerprint density at radius 3 is 2.80 bits per heavy atom. The molecule has 82 valence electrons. The Kier molecular flexibility index (Phi) is 3.48. The van der Waals surface area contributed by atoms with Crippen LogP contribution in [0, 0.1) is 16.7 Å². The van der Waals surface area contributed by atoms with E-state index in [0.29, 0.717) is 12.1 Å². The summed E-state index contributed by atoms with van der Waals surface area (Å²) in [5, 5.41) is 19.2. The minimum absolute atomic E-state index is 0.611. The molecule has 0 bridgehead atoms. The first-order valence-electron chi connectivity index (χ1n) is 5.18. The number of hydrogen-bond donors (Lipinski definition) is 1. The van der Waals surface area contributed by atoms with E-state index in [2.05, 4.69) is 11.1 Å². The summed E-state index contributed by atoms with van der Waals surface area (Å²) >= 11 is 0. The van der Waals surface area contributed by atoms with Crippen molar-refractivity contribution in [3.05, 3.63) is 18.2 Å². The van der Waals surface area contributed by atoms with Crippen molar-refractivity contribution in [1.29, 1.82) is 5.26 Å². The van der Waals surface area contributed by atoms with Crippen LogP contribution in [0.2, 0.25) is 0 Å². The van der Waals surface area contributed by atoms with Gasteiger partial charge in [0.05, 0.1) is 29.7 Å². The number of aromatic nitrogens is 2. The van der Waals surface area contributed by atoms with E-state index in [-0.39, 0.29) is 0 Å². The molecule has 4 heteroatoms. The minimum Gasteiger partial charge on any atom is -0.385 e. The fourth-order valence-electron chi connectivity index (χ4n) is 1.48. The SMILES string of the molecule is CCn1cncc1C(O)C(C)(C#N)CC. The van der Waals surface area contributed by atoms with Crippen molar-refractivity contribution in [1.82, 2.24) is 9.55 Å². The number of rotatable bonds is 4. The van der Waals surface area contributed by atoms with Crippen molar-refractivity contribution < 1.29 is 5.11 Å². The average molecular weight is 207 g/mol. The second kappa shape index (κ2) is 4.45. The molecule has 0 amide bonds. The molecule has 1 rings (SSSR count). The maximum Gasteiger partial charge on any atom is 0.114 e. The Labute approximate surface area is 90.2 Å². The molecule has 1 N–H and O–H groups in total. The van der Waals surface area contributed by atoms with E-state index in [0.717, 1.165) is 6.54 Å². The third-order valence-corrected chi connectivity index (χ3v) is 2.96. The molecule has 0 spiro atoms. The topological polar surface area (TPSA) is 61.8 Å². The lowest BCUT2D eigenvalue weighted by molar-refractivity contribution is 0.0652. The van der Waals surface area contributed by atoms with E-state index in [1.165, 1.54) is 0 Å². The maximum atomic E-state index is 10.2. The molecule has 2 atom stereocenters. The lowest BCUT2D eigenvalue weighted by atomic mass is 9.82. The normalized spacial score (nSPS) is 16.7. The molecule has 0 radical (unpaired) electrons. The average Bonchev–Trinajstić information content (AvgIpc) is 2.74. The monoisotopic (exact) mass is 207 g/mol. The van der Waals surface area contributed by atoms with Crippen molar-refractivity contribution >= 4 is 0 Å². The number of hydrogen-bond acceptors (Lipinski definition) is 3. The molecule has 0 saturated heterocycles. The van der Waals surface area contributed by atoms with Crippen molar-refractivity contribution in [2.24, 2.45) is 5.41 Å². The molecule has 0 saturated carbocycles. The van der Waals surface area contributed by atoms with Gasteiger partial charge in [0.15, 0.2) is 0 Å². The van der Waals surface area contributed by atoms with Gasteiger partial charge in [0, 0.05) is 6.54 Å². The lowest BCUT2D eigenvalue weighted by Gasteiger charge is -2.26. The van der Waals surface area contributed by atoms with E-state index in [4.69, 9.17) is 5.26 Å². The van der Waals surface area contributed by atoms with Crippen LogP contribution in [0.25, 0.3) is 0 Å².